The number of hydrogen-bond acceptors (Lipinski definition) is 1. The largest absolute Gasteiger partial charge is 0.364 e. The molecular weight excluding hydrogens is 206 g/mol. The van der Waals surface area contributed by atoms with Crippen LogP contribution in [0.1, 0.15) is 27.7 Å². The fourth-order valence-corrected chi connectivity index (χ4v) is 1.51. The molecule has 1 heteroatoms. The van der Waals surface area contributed by atoms with Gasteiger partial charge in [0.15, 0.2) is 0 Å². The van der Waals surface area contributed by atoms with Gasteiger partial charge in [0.25, 0.3) is 0 Å². The van der Waals surface area contributed by atoms with E-state index in [4.69, 9.17) is 0 Å². The number of para-hydroxylation sites is 1. The summed E-state index contributed by atoms with van der Waals surface area (Å²) >= 11 is 0. The molecule has 0 unspecified atom stereocenters. The molecule has 0 amide bonds. The zero-order valence-electron chi connectivity index (χ0n) is 11.4. The zero-order valence-corrected chi connectivity index (χ0v) is 11.4. The highest BCUT2D eigenvalue weighted by molar-refractivity contribution is 5.47. The summed E-state index contributed by atoms with van der Waals surface area (Å²) in [5, 5.41) is 0. The van der Waals surface area contributed by atoms with Crippen LogP contribution in [0.3, 0.4) is 0 Å². The van der Waals surface area contributed by atoms with E-state index in [9.17, 15) is 0 Å². The molecule has 17 heavy (non-hydrogen) atoms. The Balaban J connectivity index is 2.79. The van der Waals surface area contributed by atoms with Gasteiger partial charge in [-0.05, 0) is 39.8 Å². The van der Waals surface area contributed by atoms with E-state index in [0.717, 1.165) is 13.1 Å². The van der Waals surface area contributed by atoms with E-state index in [1.165, 1.54) is 16.8 Å². The Kier molecular flexibility index (Phi) is 5.55. The highest BCUT2D eigenvalue weighted by atomic mass is 15.1. The van der Waals surface area contributed by atoms with Crippen LogP contribution in [0, 0.1) is 0 Å². The van der Waals surface area contributed by atoms with Crippen LogP contribution in [0.15, 0.2) is 53.6 Å². The number of allylic oxidation sites excluding steroid dienone is 2. The van der Waals surface area contributed by atoms with Gasteiger partial charge in [0.1, 0.15) is 0 Å². The molecular formula is C16H23N. The van der Waals surface area contributed by atoms with Gasteiger partial charge in [0, 0.05) is 18.8 Å². The molecule has 1 aromatic carbocycles. The summed E-state index contributed by atoms with van der Waals surface area (Å²) in [4.78, 5) is 2.38. The molecule has 0 spiro atoms. The first-order valence-electron chi connectivity index (χ1n) is 6.16. The molecule has 0 radical (unpaired) electrons. The first-order chi connectivity index (χ1) is 8.09. The molecule has 1 rings (SSSR count). The van der Waals surface area contributed by atoms with Crippen molar-refractivity contribution in [3.63, 3.8) is 0 Å². The van der Waals surface area contributed by atoms with Crippen molar-refractivity contribution in [3.8, 4) is 0 Å². The van der Waals surface area contributed by atoms with Gasteiger partial charge in [0.2, 0.25) is 0 Å². The van der Waals surface area contributed by atoms with Crippen molar-refractivity contribution in [2.24, 2.45) is 0 Å². The third-order valence-electron chi connectivity index (χ3n) is 2.56. The number of anilines is 1. The Morgan fingerprint density at radius 3 is 1.76 bits per heavy atom. The Bertz CT molecular complexity index is 359. The van der Waals surface area contributed by atoms with E-state index in [-0.39, 0.29) is 0 Å². The fourth-order valence-electron chi connectivity index (χ4n) is 1.51. The quantitative estimate of drug-likeness (QED) is 0.675. The Morgan fingerprint density at radius 2 is 1.35 bits per heavy atom. The van der Waals surface area contributed by atoms with Gasteiger partial charge in [-0.3, -0.25) is 0 Å². The van der Waals surface area contributed by atoms with Gasteiger partial charge in [-0.25, -0.2) is 0 Å². The molecule has 0 aliphatic heterocycles. The Hall–Kier alpha value is -1.50. The minimum absolute atomic E-state index is 0.968. The van der Waals surface area contributed by atoms with Crippen LogP contribution in [0.2, 0.25) is 0 Å². The first-order valence-corrected chi connectivity index (χ1v) is 6.16. The zero-order chi connectivity index (χ0) is 12.7. The van der Waals surface area contributed by atoms with E-state index >= 15 is 0 Å². The number of rotatable bonds is 5. The van der Waals surface area contributed by atoms with Gasteiger partial charge < -0.3 is 4.90 Å². The molecule has 0 atom stereocenters. The Morgan fingerprint density at radius 1 is 0.882 bits per heavy atom. The third kappa shape index (κ3) is 5.39. The summed E-state index contributed by atoms with van der Waals surface area (Å²) in [6, 6.07) is 10.6. The lowest BCUT2D eigenvalue weighted by molar-refractivity contribution is 0.941. The van der Waals surface area contributed by atoms with Gasteiger partial charge in [0.05, 0.1) is 0 Å². The predicted octanol–water partition coefficient (Wildman–Crippen LogP) is 4.43. The molecule has 0 saturated heterocycles. The molecule has 0 aliphatic rings. The highest BCUT2D eigenvalue weighted by Crippen LogP contribution is 2.13. The van der Waals surface area contributed by atoms with Crippen LogP contribution >= 0.6 is 0 Å². The maximum absolute atomic E-state index is 2.38. The highest BCUT2D eigenvalue weighted by Gasteiger charge is 2.01. The minimum Gasteiger partial charge on any atom is -0.364 e. The van der Waals surface area contributed by atoms with Crippen molar-refractivity contribution in [2.75, 3.05) is 18.0 Å². The van der Waals surface area contributed by atoms with Crippen LogP contribution in [0.4, 0.5) is 5.69 Å². The molecule has 0 N–H and O–H groups in total. The summed E-state index contributed by atoms with van der Waals surface area (Å²) in [6.07, 6.45) is 4.54. The summed E-state index contributed by atoms with van der Waals surface area (Å²) in [5.41, 5.74) is 4.01. The second kappa shape index (κ2) is 6.95. The lowest BCUT2D eigenvalue weighted by Gasteiger charge is -2.22. The molecule has 1 aromatic rings. The van der Waals surface area contributed by atoms with Crippen molar-refractivity contribution in [2.45, 2.75) is 27.7 Å². The van der Waals surface area contributed by atoms with Crippen molar-refractivity contribution < 1.29 is 0 Å². The van der Waals surface area contributed by atoms with E-state index in [1.807, 2.05) is 0 Å². The maximum Gasteiger partial charge on any atom is 0.0371 e. The Labute approximate surface area is 105 Å². The summed E-state index contributed by atoms with van der Waals surface area (Å²) < 4.78 is 0. The van der Waals surface area contributed by atoms with Gasteiger partial charge in [-0.2, -0.15) is 0 Å². The third-order valence-corrected chi connectivity index (χ3v) is 2.56. The molecule has 92 valence electrons. The van der Waals surface area contributed by atoms with Crippen molar-refractivity contribution in [1.29, 1.82) is 0 Å². The van der Waals surface area contributed by atoms with Crippen LogP contribution in [0.25, 0.3) is 0 Å². The second-order valence-corrected chi connectivity index (χ2v) is 4.80. The summed E-state index contributed by atoms with van der Waals surface area (Å²) in [6.45, 7) is 10.5. The van der Waals surface area contributed by atoms with Crippen molar-refractivity contribution >= 4 is 5.69 Å². The molecule has 0 heterocycles. The van der Waals surface area contributed by atoms with Crippen LogP contribution in [-0.2, 0) is 0 Å². The molecule has 0 fully saturated rings. The summed E-state index contributed by atoms with van der Waals surface area (Å²) in [5.74, 6) is 0. The van der Waals surface area contributed by atoms with E-state index in [0.29, 0.717) is 0 Å². The maximum atomic E-state index is 2.38. The van der Waals surface area contributed by atoms with Crippen LogP contribution in [0.5, 0.6) is 0 Å². The first kappa shape index (κ1) is 13.6. The monoisotopic (exact) mass is 229 g/mol. The minimum atomic E-state index is 0.968. The predicted molar refractivity (Wildman–Crippen MR) is 77.5 cm³/mol. The molecule has 0 aromatic heterocycles. The lowest BCUT2D eigenvalue weighted by atomic mass is 10.2. The second-order valence-electron chi connectivity index (χ2n) is 4.80. The average Bonchev–Trinajstić information content (AvgIpc) is 2.29. The average molecular weight is 229 g/mol. The van der Waals surface area contributed by atoms with Crippen LogP contribution < -0.4 is 4.90 Å². The SMILES string of the molecule is CC(C)=CCN(CC=C(C)C)c1ccccc1. The van der Waals surface area contributed by atoms with E-state index in [2.05, 4.69) is 75.1 Å². The molecule has 0 saturated carbocycles. The number of benzene rings is 1. The van der Waals surface area contributed by atoms with Gasteiger partial charge in [-0.1, -0.05) is 41.5 Å². The van der Waals surface area contributed by atoms with E-state index in [1.54, 1.807) is 0 Å². The molecule has 1 nitrogen and oxygen atoms in total. The van der Waals surface area contributed by atoms with Crippen molar-refractivity contribution in [1.82, 2.24) is 0 Å². The number of nitrogens with zero attached hydrogens (tertiary/aromatic N) is 1. The molecule has 0 aliphatic carbocycles. The van der Waals surface area contributed by atoms with Crippen molar-refractivity contribution in [3.05, 3.63) is 53.6 Å². The summed E-state index contributed by atoms with van der Waals surface area (Å²) in [7, 11) is 0. The lowest BCUT2D eigenvalue weighted by Crippen LogP contribution is -2.23. The van der Waals surface area contributed by atoms with Gasteiger partial charge in [-0.15, -0.1) is 0 Å². The topological polar surface area (TPSA) is 3.24 Å². The standard InChI is InChI=1S/C16H23N/c1-14(2)10-12-17(13-11-15(3)4)16-8-6-5-7-9-16/h5-11H,12-13H2,1-4H3. The molecule has 0 bridgehead atoms. The van der Waals surface area contributed by atoms with Crippen LogP contribution in [-0.4, -0.2) is 13.1 Å². The van der Waals surface area contributed by atoms with E-state index < -0.39 is 0 Å². The van der Waals surface area contributed by atoms with Gasteiger partial charge >= 0.3 is 0 Å². The number of hydrogen-bond donors (Lipinski definition) is 0. The smallest absolute Gasteiger partial charge is 0.0371 e. The normalized spacial score (nSPS) is 9.65. The fraction of sp³-hybridized carbons (Fsp3) is 0.375.